The number of ether oxygens (including phenoxy) is 2. The SMILES string of the molecule is COC(=O)c1ccc(S(=O)(=O)N2CC[C@@H](c3ccc4c(c3)CCO4)C2)cc1. The Hall–Kier alpha value is -2.38. The maximum Gasteiger partial charge on any atom is 0.337 e. The van der Waals surface area contributed by atoms with E-state index >= 15 is 0 Å². The van der Waals surface area contributed by atoms with Crippen LogP contribution in [0.4, 0.5) is 0 Å². The van der Waals surface area contributed by atoms with Crippen LogP contribution in [0.25, 0.3) is 0 Å². The Kier molecular flexibility index (Phi) is 4.65. The number of hydrogen-bond donors (Lipinski definition) is 0. The molecule has 2 heterocycles. The van der Waals surface area contributed by atoms with Crippen molar-refractivity contribution in [3.8, 4) is 5.75 Å². The molecule has 2 aliphatic heterocycles. The van der Waals surface area contributed by atoms with Gasteiger partial charge in [0.15, 0.2) is 0 Å². The largest absolute Gasteiger partial charge is 0.493 e. The number of nitrogens with zero attached hydrogens (tertiary/aromatic N) is 1. The van der Waals surface area contributed by atoms with Gasteiger partial charge in [0.1, 0.15) is 5.75 Å². The fraction of sp³-hybridized carbons (Fsp3) is 0.350. The molecule has 2 aromatic rings. The molecule has 6 nitrogen and oxygen atoms in total. The van der Waals surface area contributed by atoms with Gasteiger partial charge < -0.3 is 9.47 Å². The average molecular weight is 387 g/mol. The topological polar surface area (TPSA) is 72.9 Å². The van der Waals surface area contributed by atoms with Crippen LogP contribution in [0.1, 0.15) is 33.8 Å². The zero-order valence-electron chi connectivity index (χ0n) is 15.1. The molecule has 27 heavy (non-hydrogen) atoms. The summed E-state index contributed by atoms with van der Waals surface area (Å²) in [7, 11) is -2.29. The van der Waals surface area contributed by atoms with Crippen molar-refractivity contribution in [1.29, 1.82) is 0 Å². The fourth-order valence-corrected chi connectivity index (χ4v) is 5.21. The minimum Gasteiger partial charge on any atom is -0.493 e. The van der Waals surface area contributed by atoms with Gasteiger partial charge in [-0.3, -0.25) is 0 Å². The van der Waals surface area contributed by atoms with Gasteiger partial charge in [-0.2, -0.15) is 4.31 Å². The Balaban J connectivity index is 1.51. The molecule has 0 amide bonds. The lowest BCUT2D eigenvalue weighted by Crippen LogP contribution is -2.28. The van der Waals surface area contributed by atoms with Crippen molar-refractivity contribution < 1.29 is 22.7 Å². The molecule has 0 unspecified atom stereocenters. The number of rotatable bonds is 4. The van der Waals surface area contributed by atoms with E-state index in [2.05, 4.69) is 10.8 Å². The monoisotopic (exact) mass is 387 g/mol. The lowest BCUT2D eigenvalue weighted by molar-refractivity contribution is 0.0600. The van der Waals surface area contributed by atoms with Crippen LogP contribution in [0.15, 0.2) is 47.4 Å². The van der Waals surface area contributed by atoms with E-state index in [0.717, 1.165) is 24.2 Å². The second kappa shape index (κ2) is 6.98. The van der Waals surface area contributed by atoms with Crippen molar-refractivity contribution in [3.05, 3.63) is 59.2 Å². The molecule has 1 atom stereocenters. The Morgan fingerprint density at radius 1 is 1.19 bits per heavy atom. The maximum absolute atomic E-state index is 12.9. The van der Waals surface area contributed by atoms with Crippen LogP contribution in [-0.2, 0) is 21.2 Å². The lowest BCUT2D eigenvalue weighted by Gasteiger charge is -2.17. The summed E-state index contributed by atoms with van der Waals surface area (Å²) in [5.41, 5.74) is 2.70. The summed E-state index contributed by atoms with van der Waals surface area (Å²) in [6, 6.07) is 12.0. The second-order valence-electron chi connectivity index (χ2n) is 6.83. The van der Waals surface area contributed by atoms with Gasteiger partial charge in [-0.25, -0.2) is 13.2 Å². The van der Waals surface area contributed by atoms with E-state index < -0.39 is 16.0 Å². The molecule has 0 bridgehead atoms. The lowest BCUT2D eigenvalue weighted by atomic mass is 9.96. The average Bonchev–Trinajstić information content (AvgIpc) is 3.36. The first-order valence-electron chi connectivity index (χ1n) is 8.93. The Morgan fingerprint density at radius 3 is 2.70 bits per heavy atom. The molecule has 0 aliphatic carbocycles. The summed E-state index contributed by atoms with van der Waals surface area (Å²) < 4.78 is 37.6. The third-order valence-corrected chi connectivity index (χ3v) is 7.13. The molecule has 0 radical (unpaired) electrons. The molecular formula is C20H21NO5S. The van der Waals surface area contributed by atoms with Gasteiger partial charge in [0.25, 0.3) is 0 Å². The van der Waals surface area contributed by atoms with E-state index in [1.807, 2.05) is 12.1 Å². The first-order valence-corrected chi connectivity index (χ1v) is 10.4. The molecule has 2 aromatic carbocycles. The van der Waals surface area contributed by atoms with Crippen LogP contribution >= 0.6 is 0 Å². The molecule has 7 heteroatoms. The first kappa shape index (κ1) is 18.0. The molecule has 0 spiro atoms. The number of hydrogen-bond acceptors (Lipinski definition) is 5. The highest BCUT2D eigenvalue weighted by atomic mass is 32.2. The van der Waals surface area contributed by atoms with Gasteiger partial charge in [0.2, 0.25) is 10.0 Å². The van der Waals surface area contributed by atoms with Crippen LogP contribution in [0.5, 0.6) is 5.75 Å². The molecule has 0 saturated carbocycles. The summed E-state index contributed by atoms with van der Waals surface area (Å²) in [5, 5.41) is 0. The molecule has 2 aliphatic rings. The van der Waals surface area contributed by atoms with Gasteiger partial charge in [-0.05, 0) is 53.8 Å². The fourth-order valence-electron chi connectivity index (χ4n) is 3.71. The third kappa shape index (κ3) is 3.33. The highest BCUT2D eigenvalue weighted by Crippen LogP contribution is 2.34. The summed E-state index contributed by atoms with van der Waals surface area (Å²) in [4.78, 5) is 11.7. The maximum atomic E-state index is 12.9. The van der Waals surface area contributed by atoms with Crippen molar-refractivity contribution in [2.45, 2.75) is 23.7 Å². The van der Waals surface area contributed by atoms with Crippen molar-refractivity contribution in [1.82, 2.24) is 4.31 Å². The van der Waals surface area contributed by atoms with Crippen molar-refractivity contribution in [3.63, 3.8) is 0 Å². The van der Waals surface area contributed by atoms with Crippen LogP contribution in [-0.4, -0.2) is 45.5 Å². The molecule has 1 saturated heterocycles. The van der Waals surface area contributed by atoms with Gasteiger partial charge in [-0.1, -0.05) is 12.1 Å². The third-order valence-electron chi connectivity index (χ3n) is 5.25. The summed E-state index contributed by atoms with van der Waals surface area (Å²) in [6.45, 7) is 1.66. The van der Waals surface area contributed by atoms with Crippen LogP contribution < -0.4 is 4.74 Å². The molecule has 142 valence electrons. The van der Waals surface area contributed by atoms with E-state index in [-0.39, 0.29) is 10.8 Å². The highest BCUT2D eigenvalue weighted by molar-refractivity contribution is 7.89. The molecule has 0 N–H and O–H groups in total. The standard InChI is InChI=1S/C20H21NO5S/c1-25-20(22)14-2-5-18(6-3-14)27(23,24)21-10-8-17(13-21)15-4-7-19-16(12-15)9-11-26-19/h2-7,12,17H,8-11,13H2,1H3/t17-/m1/s1. The van der Waals surface area contributed by atoms with E-state index in [1.54, 1.807) is 0 Å². The molecular weight excluding hydrogens is 366 g/mol. The minimum absolute atomic E-state index is 0.181. The summed E-state index contributed by atoms with van der Waals surface area (Å²) >= 11 is 0. The van der Waals surface area contributed by atoms with Crippen molar-refractivity contribution >= 4 is 16.0 Å². The second-order valence-corrected chi connectivity index (χ2v) is 8.77. The number of carbonyl (C=O) groups excluding carboxylic acids is 1. The molecule has 1 fully saturated rings. The number of fused-ring (bicyclic) bond motifs is 1. The van der Waals surface area contributed by atoms with E-state index in [9.17, 15) is 13.2 Å². The Labute approximate surface area is 158 Å². The van der Waals surface area contributed by atoms with Crippen LogP contribution in [0, 0.1) is 0 Å². The van der Waals surface area contributed by atoms with E-state index in [4.69, 9.17) is 4.74 Å². The first-order chi connectivity index (χ1) is 13.0. The number of carbonyl (C=O) groups is 1. The predicted molar refractivity (Wildman–Crippen MR) is 99.5 cm³/mol. The number of esters is 1. The summed E-state index contributed by atoms with van der Waals surface area (Å²) in [5.74, 6) is 0.632. The zero-order valence-corrected chi connectivity index (χ0v) is 15.9. The smallest absolute Gasteiger partial charge is 0.337 e. The van der Waals surface area contributed by atoms with Crippen molar-refractivity contribution in [2.75, 3.05) is 26.8 Å². The number of methoxy groups -OCH3 is 1. The highest BCUT2D eigenvalue weighted by Gasteiger charge is 2.33. The molecule has 4 rings (SSSR count). The van der Waals surface area contributed by atoms with E-state index in [1.165, 1.54) is 41.2 Å². The quantitative estimate of drug-likeness (QED) is 0.754. The zero-order chi connectivity index (χ0) is 19.0. The number of sulfonamides is 1. The van der Waals surface area contributed by atoms with Gasteiger partial charge in [-0.15, -0.1) is 0 Å². The van der Waals surface area contributed by atoms with Gasteiger partial charge >= 0.3 is 5.97 Å². The summed E-state index contributed by atoms with van der Waals surface area (Å²) in [6.07, 6.45) is 1.70. The number of benzene rings is 2. The Bertz CT molecular complexity index is 968. The Morgan fingerprint density at radius 2 is 1.96 bits per heavy atom. The van der Waals surface area contributed by atoms with Crippen LogP contribution in [0.3, 0.4) is 0 Å². The van der Waals surface area contributed by atoms with Crippen LogP contribution in [0.2, 0.25) is 0 Å². The predicted octanol–water partition coefficient (Wildman–Crippen LogP) is 2.59. The van der Waals surface area contributed by atoms with Gasteiger partial charge in [0, 0.05) is 19.5 Å². The minimum atomic E-state index is -3.58. The van der Waals surface area contributed by atoms with Gasteiger partial charge in [0.05, 0.1) is 24.2 Å². The van der Waals surface area contributed by atoms with E-state index in [0.29, 0.717) is 25.3 Å². The van der Waals surface area contributed by atoms with Crippen molar-refractivity contribution in [2.24, 2.45) is 0 Å². The normalized spacial score (nSPS) is 19.5. The molecule has 0 aromatic heterocycles.